The smallest absolute Gasteiger partial charge is 0.0998 e. The Morgan fingerprint density at radius 1 is 0.824 bits per heavy atom. The summed E-state index contributed by atoms with van der Waals surface area (Å²) >= 11 is 6.21. The van der Waals surface area contributed by atoms with Gasteiger partial charge in [-0.15, -0.1) is 0 Å². The highest BCUT2D eigenvalue weighted by Gasteiger charge is 2.29. The van der Waals surface area contributed by atoms with Crippen molar-refractivity contribution in [2.75, 3.05) is 24.5 Å². The van der Waals surface area contributed by atoms with Crippen molar-refractivity contribution in [2.45, 2.75) is 13.0 Å². The molecule has 0 saturated carbocycles. The van der Waals surface area contributed by atoms with Gasteiger partial charge in [-0.1, -0.05) is 72.3 Å². The van der Waals surface area contributed by atoms with Gasteiger partial charge < -0.3 is 10.2 Å². The van der Waals surface area contributed by atoms with Gasteiger partial charge in [0.25, 0.3) is 0 Å². The molecular weight excluding hydrogens is 438 g/mol. The van der Waals surface area contributed by atoms with E-state index in [-0.39, 0.29) is 0 Å². The minimum atomic E-state index is 0.542. The fourth-order valence-electron chi connectivity index (χ4n) is 5.16. The summed E-state index contributed by atoms with van der Waals surface area (Å²) in [7, 11) is 0. The van der Waals surface area contributed by atoms with Crippen LogP contribution in [0.15, 0.2) is 91.0 Å². The first-order valence-electron chi connectivity index (χ1n) is 11.9. The van der Waals surface area contributed by atoms with E-state index in [0.717, 1.165) is 54.0 Å². The molecule has 0 aromatic heterocycles. The molecule has 170 valence electrons. The zero-order chi connectivity index (χ0) is 23.3. The van der Waals surface area contributed by atoms with Crippen molar-refractivity contribution >= 4 is 28.1 Å². The standard InChI is InChI=1S/C30H28ClN3/c31-27-12-14-28(15-13-27)34(20-24-11-10-23(17-32)29-8-4-5-9-30(24)29)21-26-19-33-18-25(26)16-22-6-2-1-3-7-22/h1-15,25-26,33H,16,18-21H2/t25-,26+/m0/s1. The first-order chi connectivity index (χ1) is 16.7. The lowest BCUT2D eigenvalue weighted by Crippen LogP contribution is -2.33. The molecule has 4 aromatic carbocycles. The van der Waals surface area contributed by atoms with Crippen LogP contribution in [0.1, 0.15) is 16.7 Å². The maximum absolute atomic E-state index is 9.57. The van der Waals surface area contributed by atoms with Crippen LogP contribution < -0.4 is 10.2 Å². The zero-order valence-corrected chi connectivity index (χ0v) is 19.9. The molecule has 4 aromatic rings. The van der Waals surface area contributed by atoms with Crippen LogP contribution in [0.5, 0.6) is 0 Å². The lowest BCUT2D eigenvalue weighted by atomic mass is 9.89. The first-order valence-corrected chi connectivity index (χ1v) is 12.2. The van der Waals surface area contributed by atoms with E-state index in [4.69, 9.17) is 11.6 Å². The van der Waals surface area contributed by atoms with Crippen LogP contribution in [-0.4, -0.2) is 19.6 Å². The van der Waals surface area contributed by atoms with Crippen molar-refractivity contribution < 1.29 is 0 Å². The predicted molar refractivity (Wildman–Crippen MR) is 141 cm³/mol. The third kappa shape index (κ3) is 4.94. The normalized spacial score (nSPS) is 17.5. The van der Waals surface area contributed by atoms with Gasteiger partial charge >= 0.3 is 0 Å². The Hall–Kier alpha value is -3.32. The number of rotatable bonds is 7. The second-order valence-corrected chi connectivity index (χ2v) is 9.59. The number of halogens is 1. The van der Waals surface area contributed by atoms with Crippen molar-refractivity contribution in [3.63, 3.8) is 0 Å². The molecule has 0 amide bonds. The molecule has 2 atom stereocenters. The summed E-state index contributed by atoms with van der Waals surface area (Å²) < 4.78 is 0. The summed E-state index contributed by atoms with van der Waals surface area (Å²) in [6, 6.07) is 33.6. The Kier molecular flexibility index (Phi) is 6.81. The van der Waals surface area contributed by atoms with Crippen LogP contribution in [-0.2, 0) is 13.0 Å². The topological polar surface area (TPSA) is 39.1 Å². The second kappa shape index (κ2) is 10.3. The van der Waals surface area contributed by atoms with Gasteiger partial charge in [0, 0.05) is 23.8 Å². The van der Waals surface area contributed by atoms with E-state index in [1.165, 1.54) is 16.8 Å². The highest BCUT2D eigenvalue weighted by atomic mass is 35.5. The van der Waals surface area contributed by atoms with Gasteiger partial charge in [0.1, 0.15) is 0 Å². The molecule has 1 N–H and O–H groups in total. The second-order valence-electron chi connectivity index (χ2n) is 9.15. The average molecular weight is 466 g/mol. The van der Waals surface area contributed by atoms with Crippen LogP contribution in [0, 0.1) is 23.2 Å². The van der Waals surface area contributed by atoms with E-state index in [9.17, 15) is 5.26 Å². The molecule has 3 nitrogen and oxygen atoms in total. The van der Waals surface area contributed by atoms with Crippen LogP contribution in [0.25, 0.3) is 10.8 Å². The molecule has 1 fully saturated rings. The summed E-state index contributed by atoms with van der Waals surface area (Å²) in [5, 5.41) is 16.1. The van der Waals surface area contributed by atoms with Crippen LogP contribution >= 0.6 is 11.6 Å². The molecule has 34 heavy (non-hydrogen) atoms. The Labute approximate surface area is 206 Å². The van der Waals surface area contributed by atoms with Gasteiger partial charge in [0.2, 0.25) is 0 Å². The molecule has 0 unspecified atom stereocenters. The van der Waals surface area contributed by atoms with E-state index in [1.54, 1.807) is 0 Å². The van der Waals surface area contributed by atoms with Crippen molar-refractivity contribution in [1.82, 2.24) is 5.32 Å². The Balaban J connectivity index is 1.44. The number of anilines is 1. The van der Waals surface area contributed by atoms with Crippen molar-refractivity contribution in [1.29, 1.82) is 5.26 Å². The maximum atomic E-state index is 9.57. The van der Waals surface area contributed by atoms with Crippen LogP contribution in [0.2, 0.25) is 5.02 Å². The molecule has 5 rings (SSSR count). The summed E-state index contributed by atoms with van der Waals surface area (Å²) in [6.07, 6.45) is 1.09. The predicted octanol–water partition coefficient (Wildman–Crippen LogP) is 6.45. The number of hydrogen-bond acceptors (Lipinski definition) is 3. The SMILES string of the molecule is N#Cc1ccc(CN(C[C@H]2CNC[C@@H]2Cc2ccccc2)c2ccc(Cl)cc2)c2ccccc12. The third-order valence-electron chi connectivity index (χ3n) is 6.96. The molecule has 1 aliphatic heterocycles. The maximum Gasteiger partial charge on any atom is 0.0998 e. The molecule has 1 heterocycles. The number of fused-ring (bicyclic) bond motifs is 1. The first kappa shape index (κ1) is 22.5. The summed E-state index contributed by atoms with van der Waals surface area (Å²) in [5.74, 6) is 1.13. The minimum Gasteiger partial charge on any atom is -0.367 e. The summed E-state index contributed by atoms with van der Waals surface area (Å²) in [6.45, 7) is 3.81. The van der Waals surface area contributed by atoms with Gasteiger partial charge in [-0.3, -0.25) is 0 Å². The molecular formula is C30H28ClN3. The molecule has 1 saturated heterocycles. The van der Waals surface area contributed by atoms with Crippen molar-refractivity contribution in [3.05, 3.63) is 113 Å². The third-order valence-corrected chi connectivity index (χ3v) is 7.22. The zero-order valence-electron chi connectivity index (χ0n) is 19.1. The minimum absolute atomic E-state index is 0.542. The molecule has 4 heteroatoms. The fourth-order valence-corrected chi connectivity index (χ4v) is 5.28. The number of nitrogens with one attached hydrogen (secondary N) is 1. The van der Waals surface area contributed by atoms with E-state index in [1.807, 2.05) is 30.3 Å². The van der Waals surface area contributed by atoms with Crippen LogP contribution in [0.3, 0.4) is 0 Å². The fraction of sp³-hybridized carbons (Fsp3) is 0.233. The number of benzene rings is 4. The lowest BCUT2D eigenvalue weighted by Gasteiger charge is -2.31. The molecule has 0 aliphatic carbocycles. The van der Waals surface area contributed by atoms with Crippen molar-refractivity contribution in [3.8, 4) is 6.07 Å². The molecule has 0 spiro atoms. The van der Waals surface area contributed by atoms with Gasteiger partial charge in [-0.2, -0.15) is 5.26 Å². The van der Waals surface area contributed by atoms with Gasteiger partial charge in [0.15, 0.2) is 0 Å². The summed E-state index contributed by atoms with van der Waals surface area (Å²) in [4.78, 5) is 2.47. The number of hydrogen-bond donors (Lipinski definition) is 1. The van der Waals surface area contributed by atoms with Gasteiger partial charge in [-0.25, -0.2) is 0 Å². The number of nitrogens with zero attached hydrogens (tertiary/aromatic N) is 2. The Morgan fingerprint density at radius 3 is 2.29 bits per heavy atom. The van der Waals surface area contributed by atoms with E-state index in [2.05, 4.69) is 76.9 Å². The van der Waals surface area contributed by atoms with Crippen LogP contribution in [0.4, 0.5) is 5.69 Å². The van der Waals surface area contributed by atoms with E-state index >= 15 is 0 Å². The van der Waals surface area contributed by atoms with Crippen molar-refractivity contribution in [2.24, 2.45) is 11.8 Å². The molecule has 1 aliphatic rings. The van der Waals surface area contributed by atoms with Gasteiger partial charge in [-0.05, 0) is 83.6 Å². The van der Waals surface area contributed by atoms with E-state index < -0.39 is 0 Å². The Bertz CT molecular complexity index is 1290. The van der Waals surface area contributed by atoms with Gasteiger partial charge in [0.05, 0.1) is 11.6 Å². The highest BCUT2D eigenvalue weighted by Crippen LogP contribution is 2.29. The highest BCUT2D eigenvalue weighted by molar-refractivity contribution is 6.30. The monoisotopic (exact) mass is 465 g/mol. The molecule has 0 radical (unpaired) electrons. The van der Waals surface area contributed by atoms with E-state index in [0.29, 0.717) is 11.8 Å². The Morgan fingerprint density at radius 2 is 1.53 bits per heavy atom. The number of nitriles is 1. The lowest BCUT2D eigenvalue weighted by molar-refractivity contribution is 0.413. The quantitative estimate of drug-likeness (QED) is 0.341. The largest absolute Gasteiger partial charge is 0.367 e. The summed E-state index contributed by atoms with van der Waals surface area (Å²) in [5.41, 5.74) is 4.52. The molecule has 0 bridgehead atoms. The average Bonchev–Trinajstić information content (AvgIpc) is 3.31.